The summed E-state index contributed by atoms with van der Waals surface area (Å²) in [6.45, 7) is 1.58. The molecule has 0 saturated carbocycles. The van der Waals surface area contributed by atoms with E-state index in [4.69, 9.17) is 6.42 Å². The van der Waals surface area contributed by atoms with Gasteiger partial charge in [-0.25, -0.2) is 0 Å². The smallest absolute Gasteiger partial charge is 0.222 e. The van der Waals surface area contributed by atoms with Crippen molar-refractivity contribution < 1.29 is 4.79 Å². The van der Waals surface area contributed by atoms with Gasteiger partial charge in [0.05, 0.1) is 12.2 Å². The van der Waals surface area contributed by atoms with E-state index in [9.17, 15) is 4.79 Å². The zero-order valence-electron chi connectivity index (χ0n) is 9.48. The molecule has 0 unspecified atom stereocenters. The minimum absolute atomic E-state index is 0. The van der Waals surface area contributed by atoms with Gasteiger partial charge in [-0.05, 0) is 12.1 Å². The average Bonchev–Trinajstić information content (AvgIpc) is 2.33. The number of nitrogens with one attached hydrogen (secondary N) is 2. The third kappa shape index (κ3) is 7.34. The van der Waals surface area contributed by atoms with Crippen LogP contribution in [0.1, 0.15) is 12.1 Å². The first kappa shape index (κ1) is 15.4. The number of carbonyl (C=O) groups excluding carboxylic acids is 1. The maximum atomic E-state index is 11.2. The van der Waals surface area contributed by atoms with Crippen LogP contribution in [0, 0.1) is 12.3 Å². The zero-order chi connectivity index (χ0) is 11.6. The Balaban J connectivity index is 0.00000256. The Bertz CT molecular complexity index is 362. The lowest BCUT2D eigenvalue weighted by molar-refractivity contribution is -0.120. The highest BCUT2D eigenvalue weighted by molar-refractivity contribution is 5.85. The van der Waals surface area contributed by atoms with E-state index in [-0.39, 0.29) is 18.3 Å². The summed E-state index contributed by atoms with van der Waals surface area (Å²) in [5.74, 6) is 2.32. The van der Waals surface area contributed by atoms with E-state index >= 15 is 0 Å². The Morgan fingerprint density at radius 2 is 2.29 bits per heavy atom. The van der Waals surface area contributed by atoms with Crippen molar-refractivity contribution in [1.82, 2.24) is 15.6 Å². The lowest BCUT2D eigenvalue weighted by Crippen LogP contribution is -2.27. The quantitative estimate of drug-likeness (QED) is 0.581. The van der Waals surface area contributed by atoms with E-state index in [0.717, 1.165) is 5.69 Å². The summed E-state index contributed by atoms with van der Waals surface area (Å²) in [7, 11) is 0. The SMILES string of the molecule is C#CCNC(=O)CCNCc1ccccn1.Cl. The van der Waals surface area contributed by atoms with E-state index < -0.39 is 0 Å². The fraction of sp³-hybridized carbons (Fsp3) is 0.333. The highest BCUT2D eigenvalue weighted by atomic mass is 35.5. The van der Waals surface area contributed by atoms with Crippen LogP contribution in [0.2, 0.25) is 0 Å². The molecule has 0 radical (unpaired) electrons. The van der Waals surface area contributed by atoms with Crippen molar-refractivity contribution in [2.45, 2.75) is 13.0 Å². The average molecular weight is 254 g/mol. The normalized spacial score (nSPS) is 8.88. The highest BCUT2D eigenvalue weighted by Gasteiger charge is 1.98. The van der Waals surface area contributed by atoms with Crippen LogP contribution >= 0.6 is 12.4 Å². The summed E-state index contributed by atoms with van der Waals surface area (Å²) >= 11 is 0. The first-order chi connectivity index (χ1) is 7.83. The maximum absolute atomic E-state index is 11.2. The van der Waals surface area contributed by atoms with Crippen LogP contribution in [0.3, 0.4) is 0 Å². The number of hydrogen-bond donors (Lipinski definition) is 2. The Labute approximate surface area is 108 Å². The van der Waals surface area contributed by atoms with Crippen LogP contribution in [-0.2, 0) is 11.3 Å². The van der Waals surface area contributed by atoms with Crippen LogP contribution in [0.4, 0.5) is 0 Å². The van der Waals surface area contributed by atoms with Crippen molar-refractivity contribution in [2.24, 2.45) is 0 Å². The standard InChI is InChI=1S/C12H15N3O.ClH/c1-2-7-15-12(16)6-9-13-10-11-5-3-4-8-14-11;/h1,3-5,8,13H,6-7,9-10H2,(H,15,16);1H. The summed E-state index contributed by atoms with van der Waals surface area (Å²) in [6.07, 6.45) is 7.19. The number of amides is 1. The predicted octanol–water partition coefficient (Wildman–Crippen LogP) is 0.732. The van der Waals surface area contributed by atoms with Crippen molar-refractivity contribution in [3.05, 3.63) is 30.1 Å². The molecular formula is C12H16ClN3O. The van der Waals surface area contributed by atoms with Crippen molar-refractivity contribution in [1.29, 1.82) is 0 Å². The molecule has 1 rings (SSSR count). The molecule has 17 heavy (non-hydrogen) atoms. The number of terminal acetylenes is 1. The molecule has 0 aliphatic heterocycles. The van der Waals surface area contributed by atoms with Crippen molar-refractivity contribution in [3.63, 3.8) is 0 Å². The molecule has 0 saturated heterocycles. The summed E-state index contributed by atoms with van der Waals surface area (Å²) in [5.41, 5.74) is 0.964. The van der Waals surface area contributed by atoms with E-state index in [1.54, 1.807) is 6.20 Å². The second kappa shape index (κ2) is 9.64. The number of pyridine rings is 1. The number of rotatable bonds is 6. The molecule has 0 fully saturated rings. The van der Waals surface area contributed by atoms with Gasteiger partial charge in [0.2, 0.25) is 5.91 Å². The van der Waals surface area contributed by atoms with Gasteiger partial charge in [-0.1, -0.05) is 12.0 Å². The third-order valence-corrected chi connectivity index (χ3v) is 1.95. The minimum atomic E-state index is -0.0357. The molecule has 4 nitrogen and oxygen atoms in total. The van der Waals surface area contributed by atoms with E-state index in [2.05, 4.69) is 21.5 Å². The van der Waals surface area contributed by atoms with Gasteiger partial charge in [-0.3, -0.25) is 9.78 Å². The second-order valence-electron chi connectivity index (χ2n) is 3.23. The molecule has 0 bridgehead atoms. The lowest BCUT2D eigenvalue weighted by Gasteiger charge is -2.04. The van der Waals surface area contributed by atoms with E-state index in [0.29, 0.717) is 26.1 Å². The van der Waals surface area contributed by atoms with Gasteiger partial charge in [0, 0.05) is 25.7 Å². The summed E-state index contributed by atoms with van der Waals surface area (Å²) in [6, 6.07) is 5.74. The van der Waals surface area contributed by atoms with Crippen LogP contribution in [-0.4, -0.2) is 24.0 Å². The molecule has 0 aliphatic carbocycles. The Hall–Kier alpha value is -1.57. The molecular weight excluding hydrogens is 238 g/mol. The fourth-order valence-corrected chi connectivity index (χ4v) is 1.16. The Kier molecular flexibility index (Phi) is 8.75. The molecule has 1 amide bonds. The summed E-state index contributed by atoms with van der Waals surface area (Å²) in [5, 5.41) is 5.73. The fourth-order valence-electron chi connectivity index (χ4n) is 1.16. The van der Waals surface area contributed by atoms with Crippen LogP contribution < -0.4 is 10.6 Å². The minimum Gasteiger partial charge on any atom is -0.345 e. The van der Waals surface area contributed by atoms with Gasteiger partial charge in [0.25, 0.3) is 0 Å². The van der Waals surface area contributed by atoms with Crippen molar-refractivity contribution in [3.8, 4) is 12.3 Å². The summed E-state index contributed by atoms with van der Waals surface area (Å²) in [4.78, 5) is 15.3. The molecule has 0 spiro atoms. The number of hydrogen-bond acceptors (Lipinski definition) is 3. The van der Waals surface area contributed by atoms with E-state index in [1.807, 2.05) is 18.2 Å². The maximum Gasteiger partial charge on any atom is 0.222 e. The predicted molar refractivity (Wildman–Crippen MR) is 69.7 cm³/mol. The molecule has 0 aliphatic rings. The Morgan fingerprint density at radius 1 is 1.47 bits per heavy atom. The number of nitrogens with zero attached hydrogens (tertiary/aromatic N) is 1. The van der Waals surface area contributed by atoms with E-state index in [1.165, 1.54) is 0 Å². The van der Waals surface area contributed by atoms with Gasteiger partial charge >= 0.3 is 0 Å². The molecule has 1 aromatic rings. The first-order valence-corrected chi connectivity index (χ1v) is 5.13. The zero-order valence-corrected chi connectivity index (χ0v) is 10.3. The number of halogens is 1. The van der Waals surface area contributed by atoms with Gasteiger partial charge < -0.3 is 10.6 Å². The van der Waals surface area contributed by atoms with Crippen LogP contribution in [0.25, 0.3) is 0 Å². The highest BCUT2D eigenvalue weighted by Crippen LogP contribution is 1.91. The molecule has 5 heteroatoms. The molecule has 92 valence electrons. The summed E-state index contributed by atoms with van der Waals surface area (Å²) < 4.78 is 0. The number of carbonyl (C=O) groups is 1. The van der Waals surface area contributed by atoms with Gasteiger partial charge in [-0.15, -0.1) is 18.8 Å². The van der Waals surface area contributed by atoms with Crippen LogP contribution in [0.15, 0.2) is 24.4 Å². The Morgan fingerprint density at radius 3 is 2.94 bits per heavy atom. The van der Waals surface area contributed by atoms with Gasteiger partial charge in [-0.2, -0.15) is 0 Å². The topological polar surface area (TPSA) is 54.0 Å². The largest absolute Gasteiger partial charge is 0.345 e. The number of aromatic nitrogens is 1. The monoisotopic (exact) mass is 253 g/mol. The molecule has 1 aromatic heterocycles. The molecule has 0 aromatic carbocycles. The van der Waals surface area contributed by atoms with Gasteiger partial charge in [0.1, 0.15) is 0 Å². The van der Waals surface area contributed by atoms with Crippen molar-refractivity contribution >= 4 is 18.3 Å². The lowest BCUT2D eigenvalue weighted by atomic mass is 10.3. The second-order valence-corrected chi connectivity index (χ2v) is 3.23. The molecule has 0 atom stereocenters. The molecule has 1 heterocycles. The van der Waals surface area contributed by atoms with Crippen molar-refractivity contribution in [2.75, 3.05) is 13.1 Å². The van der Waals surface area contributed by atoms with Crippen LogP contribution in [0.5, 0.6) is 0 Å². The van der Waals surface area contributed by atoms with Gasteiger partial charge in [0.15, 0.2) is 0 Å². The first-order valence-electron chi connectivity index (χ1n) is 5.13. The molecule has 2 N–H and O–H groups in total. The third-order valence-electron chi connectivity index (χ3n) is 1.95.